The van der Waals surface area contributed by atoms with Crippen molar-refractivity contribution in [2.75, 3.05) is 0 Å². The van der Waals surface area contributed by atoms with E-state index in [1.807, 2.05) is 19.9 Å². The van der Waals surface area contributed by atoms with Crippen LogP contribution in [0.3, 0.4) is 0 Å². The molecule has 1 N–H and O–H groups in total. The van der Waals surface area contributed by atoms with Crippen molar-refractivity contribution in [2.24, 2.45) is 0 Å². The quantitative estimate of drug-likeness (QED) is 0.816. The Morgan fingerprint density at radius 1 is 1.40 bits per heavy atom. The summed E-state index contributed by atoms with van der Waals surface area (Å²) < 4.78 is 5.46. The first kappa shape index (κ1) is 8.71. The Balaban J connectivity index is 2.00. The Morgan fingerprint density at radius 3 is 2.80 bits per heavy atom. The lowest BCUT2D eigenvalue weighted by molar-refractivity contribution is 0.505. The molecule has 1 fully saturated rings. The van der Waals surface area contributed by atoms with E-state index in [2.05, 4.69) is 15.2 Å². The minimum atomic E-state index is 0.611. The SMILES string of the molecule is Cc1cc(-c2n[nH]c(C3CC3)n2)c(C)o1. The number of aryl methyl sites for hydroxylation is 2. The average Bonchev–Trinajstić information content (AvgIpc) is 2.83. The molecule has 2 aromatic heterocycles. The van der Waals surface area contributed by atoms with E-state index in [-0.39, 0.29) is 0 Å². The van der Waals surface area contributed by atoms with Gasteiger partial charge in [-0.1, -0.05) is 0 Å². The molecule has 4 heteroatoms. The first-order valence-corrected chi connectivity index (χ1v) is 5.24. The molecule has 0 unspecified atom stereocenters. The summed E-state index contributed by atoms with van der Waals surface area (Å²) in [6, 6.07) is 1.98. The zero-order chi connectivity index (χ0) is 10.4. The Labute approximate surface area is 87.7 Å². The van der Waals surface area contributed by atoms with Gasteiger partial charge in [-0.25, -0.2) is 4.98 Å². The summed E-state index contributed by atoms with van der Waals surface area (Å²) in [4.78, 5) is 4.49. The predicted molar refractivity (Wildman–Crippen MR) is 55.5 cm³/mol. The summed E-state index contributed by atoms with van der Waals surface area (Å²) in [5, 5.41) is 7.23. The molecule has 2 aromatic rings. The summed E-state index contributed by atoms with van der Waals surface area (Å²) in [6.45, 7) is 3.88. The second-order valence-electron chi connectivity index (χ2n) is 4.15. The number of hydrogen-bond donors (Lipinski definition) is 1. The first-order chi connectivity index (χ1) is 7.24. The molecule has 0 aliphatic heterocycles. The standard InChI is InChI=1S/C11H13N3O/c1-6-5-9(7(2)15-6)11-12-10(13-14-11)8-3-4-8/h5,8H,3-4H2,1-2H3,(H,12,13,14). The molecule has 0 amide bonds. The fourth-order valence-electron chi connectivity index (χ4n) is 1.79. The third kappa shape index (κ3) is 1.46. The lowest BCUT2D eigenvalue weighted by Gasteiger charge is -1.89. The number of aromatic amines is 1. The zero-order valence-electron chi connectivity index (χ0n) is 8.87. The van der Waals surface area contributed by atoms with E-state index in [9.17, 15) is 0 Å². The van der Waals surface area contributed by atoms with Crippen molar-refractivity contribution >= 4 is 0 Å². The van der Waals surface area contributed by atoms with Crippen LogP contribution in [0.1, 0.15) is 36.1 Å². The third-order valence-corrected chi connectivity index (χ3v) is 2.75. The second-order valence-corrected chi connectivity index (χ2v) is 4.15. The van der Waals surface area contributed by atoms with Crippen LogP contribution in [0.25, 0.3) is 11.4 Å². The number of nitrogens with one attached hydrogen (secondary N) is 1. The Morgan fingerprint density at radius 2 is 2.20 bits per heavy atom. The Bertz CT molecular complexity index is 494. The summed E-state index contributed by atoms with van der Waals surface area (Å²) in [5.74, 6) is 4.17. The maximum absolute atomic E-state index is 5.46. The highest BCUT2D eigenvalue weighted by Gasteiger charge is 2.27. The van der Waals surface area contributed by atoms with Gasteiger partial charge in [0.25, 0.3) is 0 Å². The maximum atomic E-state index is 5.46. The second kappa shape index (κ2) is 2.95. The minimum absolute atomic E-state index is 0.611. The van der Waals surface area contributed by atoms with Crippen LogP contribution in [0.5, 0.6) is 0 Å². The molecule has 1 saturated carbocycles. The van der Waals surface area contributed by atoms with Crippen molar-refractivity contribution in [2.45, 2.75) is 32.6 Å². The van der Waals surface area contributed by atoms with E-state index < -0.39 is 0 Å². The molecule has 0 bridgehead atoms. The Hall–Kier alpha value is -1.58. The van der Waals surface area contributed by atoms with Crippen LogP contribution in [0.4, 0.5) is 0 Å². The van der Waals surface area contributed by atoms with Gasteiger partial charge in [0.2, 0.25) is 0 Å². The topological polar surface area (TPSA) is 54.7 Å². The van der Waals surface area contributed by atoms with Crippen LogP contribution >= 0.6 is 0 Å². The van der Waals surface area contributed by atoms with E-state index in [1.54, 1.807) is 0 Å². The van der Waals surface area contributed by atoms with Crippen molar-refractivity contribution in [3.63, 3.8) is 0 Å². The molecule has 2 heterocycles. The van der Waals surface area contributed by atoms with E-state index >= 15 is 0 Å². The van der Waals surface area contributed by atoms with Gasteiger partial charge in [-0.3, -0.25) is 5.10 Å². The van der Waals surface area contributed by atoms with Crippen LogP contribution < -0.4 is 0 Å². The lowest BCUT2D eigenvalue weighted by Crippen LogP contribution is -1.82. The summed E-state index contributed by atoms with van der Waals surface area (Å²) in [7, 11) is 0. The van der Waals surface area contributed by atoms with Gasteiger partial charge in [0.05, 0.1) is 5.56 Å². The molecule has 0 spiro atoms. The van der Waals surface area contributed by atoms with Crippen LogP contribution in [-0.4, -0.2) is 15.2 Å². The smallest absolute Gasteiger partial charge is 0.184 e. The maximum Gasteiger partial charge on any atom is 0.184 e. The van der Waals surface area contributed by atoms with Gasteiger partial charge in [0, 0.05) is 5.92 Å². The fourth-order valence-corrected chi connectivity index (χ4v) is 1.79. The van der Waals surface area contributed by atoms with E-state index in [1.165, 1.54) is 12.8 Å². The monoisotopic (exact) mass is 203 g/mol. The van der Waals surface area contributed by atoms with Crippen molar-refractivity contribution in [3.05, 3.63) is 23.4 Å². The van der Waals surface area contributed by atoms with E-state index in [4.69, 9.17) is 4.42 Å². The van der Waals surface area contributed by atoms with Gasteiger partial charge < -0.3 is 4.42 Å². The molecule has 0 aromatic carbocycles. The van der Waals surface area contributed by atoms with Crippen LogP contribution in [-0.2, 0) is 0 Å². The van der Waals surface area contributed by atoms with Crippen LogP contribution in [0.15, 0.2) is 10.5 Å². The predicted octanol–water partition coefficient (Wildman–Crippen LogP) is 2.56. The van der Waals surface area contributed by atoms with Crippen molar-refractivity contribution in [1.29, 1.82) is 0 Å². The van der Waals surface area contributed by atoms with Gasteiger partial charge in [-0.2, -0.15) is 5.10 Å². The number of H-pyrrole nitrogens is 1. The molecule has 0 saturated heterocycles. The Kier molecular flexibility index (Phi) is 1.71. The molecule has 3 rings (SSSR count). The highest BCUT2D eigenvalue weighted by Crippen LogP contribution is 2.38. The van der Waals surface area contributed by atoms with Crippen LogP contribution in [0, 0.1) is 13.8 Å². The van der Waals surface area contributed by atoms with E-state index in [0.717, 1.165) is 28.7 Å². The van der Waals surface area contributed by atoms with Crippen molar-refractivity contribution in [3.8, 4) is 11.4 Å². The normalized spacial score (nSPS) is 15.9. The minimum Gasteiger partial charge on any atom is -0.466 e. The van der Waals surface area contributed by atoms with Crippen molar-refractivity contribution in [1.82, 2.24) is 15.2 Å². The van der Waals surface area contributed by atoms with E-state index in [0.29, 0.717) is 5.92 Å². The molecule has 0 radical (unpaired) electrons. The molecule has 1 aliphatic carbocycles. The molecule has 78 valence electrons. The third-order valence-electron chi connectivity index (χ3n) is 2.75. The lowest BCUT2D eigenvalue weighted by atomic mass is 10.2. The molecule has 15 heavy (non-hydrogen) atoms. The number of furan rings is 1. The first-order valence-electron chi connectivity index (χ1n) is 5.24. The number of hydrogen-bond acceptors (Lipinski definition) is 3. The molecular weight excluding hydrogens is 190 g/mol. The van der Waals surface area contributed by atoms with Gasteiger partial charge in [0.1, 0.15) is 17.3 Å². The fraction of sp³-hybridized carbons (Fsp3) is 0.455. The number of aromatic nitrogens is 3. The van der Waals surface area contributed by atoms with Crippen LogP contribution in [0.2, 0.25) is 0 Å². The van der Waals surface area contributed by atoms with Gasteiger partial charge in [0.15, 0.2) is 5.82 Å². The summed E-state index contributed by atoms with van der Waals surface area (Å²) in [5.41, 5.74) is 0.996. The van der Waals surface area contributed by atoms with Crippen molar-refractivity contribution < 1.29 is 4.42 Å². The largest absolute Gasteiger partial charge is 0.466 e. The van der Waals surface area contributed by atoms with Gasteiger partial charge in [-0.15, -0.1) is 0 Å². The molecule has 4 nitrogen and oxygen atoms in total. The van der Waals surface area contributed by atoms with Gasteiger partial charge >= 0.3 is 0 Å². The van der Waals surface area contributed by atoms with Gasteiger partial charge in [-0.05, 0) is 32.8 Å². The molecule has 1 aliphatic rings. The zero-order valence-corrected chi connectivity index (χ0v) is 8.87. The summed E-state index contributed by atoms with van der Waals surface area (Å²) >= 11 is 0. The highest BCUT2D eigenvalue weighted by molar-refractivity contribution is 5.57. The molecular formula is C11H13N3O. The number of rotatable bonds is 2. The number of nitrogens with zero attached hydrogens (tertiary/aromatic N) is 2. The average molecular weight is 203 g/mol. The molecule has 0 atom stereocenters. The summed E-state index contributed by atoms with van der Waals surface area (Å²) in [6.07, 6.45) is 2.47. The highest BCUT2D eigenvalue weighted by atomic mass is 16.3.